The molecule has 19 heavy (non-hydrogen) atoms. The summed E-state index contributed by atoms with van der Waals surface area (Å²) >= 11 is 0. The van der Waals surface area contributed by atoms with Crippen LogP contribution in [0.15, 0.2) is 36.4 Å². The molecule has 0 saturated carbocycles. The Morgan fingerprint density at radius 3 is 2.74 bits per heavy atom. The highest BCUT2D eigenvalue weighted by molar-refractivity contribution is 6.03. The van der Waals surface area contributed by atoms with Gasteiger partial charge in [0.05, 0.1) is 5.56 Å². The molecule has 0 radical (unpaired) electrons. The van der Waals surface area contributed by atoms with Crippen molar-refractivity contribution in [2.45, 2.75) is 0 Å². The maximum absolute atomic E-state index is 12.3. The molecule has 2 aromatic carbocycles. The first-order valence-corrected chi connectivity index (χ1v) is 6.40. The SMILES string of the molecule is NCC1CN(C(=O)c2ccc3ccccc3c2O)C1. The Hall–Kier alpha value is -2.07. The van der Waals surface area contributed by atoms with E-state index in [-0.39, 0.29) is 11.7 Å². The standard InChI is InChI=1S/C15H16N2O2/c16-7-10-8-17(9-10)15(19)13-6-5-11-3-1-2-4-12(11)14(13)18/h1-6,10,18H,7-9,16H2. The number of fused-ring (bicyclic) bond motifs is 1. The molecule has 1 fully saturated rings. The lowest BCUT2D eigenvalue weighted by Gasteiger charge is -2.38. The molecular weight excluding hydrogens is 240 g/mol. The maximum Gasteiger partial charge on any atom is 0.257 e. The van der Waals surface area contributed by atoms with E-state index in [9.17, 15) is 9.90 Å². The van der Waals surface area contributed by atoms with Crippen molar-refractivity contribution < 1.29 is 9.90 Å². The summed E-state index contributed by atoms with van der Waals surface area (Å²) in [6.45, 7) is 1.97. The first-order valence-electron chi connectivity index (χ1n) is 6.40. The average molecular weight is 256 g/mol. The number of hydrogen-bond acceptors (Lipinski definition) is 3. The van der Waals surface area contributed by atoms with Gasteiger partial charge in [0.15, 0.2) is 0 Å². The van der Waals surface area contributed by atoms with Crippen molar-refractivity contribution in [1.82, 2.24) is 4.90 Å². The zero-order valence-corrected chi connectivity index (χ0v) is 10.5. The van der Waals surface area contributed by atoms with Crippen molar-refractivity contribution in [3.8, 4) is 5.75 Å². The van der Waals surface area contributed by atoms with Crippen LogP contribution in [0.1, 0.15) is 10.4 Å². The van der Waals surface area contributed by atoms with Crippen LogP contribution < -0.4 is 5.73 Å². The number of amides is 1. The minimum Gasteiger partial charge on any atom is -0.506 e. The molecule has 0 aliphatic carbocycles. The van der Waals surface area contributed by atoms with E-state index in [1.807, 2.05) is 30.3 Å². The van der Waals surface area contributed by atoms with Crippen molar-refractivity contribution >= 4 is 16.7 Å². The van der Waals surface area contributed by atoms with Crippen molar-refractivity contribution in [3.63, 3.8) is 0 Å². The summed E-state index contributed by atoms with van der Waals surface area (Å²) in [5.74, 6) is 0.346. The molecule has 3 rings (SSSR count). The van der Waals surface area contributed by atoms with Gasteiger partial charge in [-0.15, -0.1) is 0 Å². The number of rotatable bonds is 2. The Labute approximate surface area is 111 Å². The van der Waals surface area contributed by atoms with Crippen LogP contribution >= 0.6 is 0 Å². The van der Waals surface area contributed by atoms with Crippen molar-refractivity contribution in [2.75, 3.05) is 19.6 Å². The third kappa shape index (κ3) is 1.94. The normalized spacial score (nSPS) is 15.5. The molecule has 98 valence electrons. The number of aromatic hydroxyl groups is 1. The largest absolute Gasteiger partial charge is 0.506 e. The Balaban J connectivity index is 1.93. The number of phenolic OH excluding ortho intramolecular Hbond substituents is 1. The molecule has 2 aromatic rings. The molecule has 1 saturated heterocycles. The minimum atomic E-state index is -0.118. The molecule has 0 spiro atoms. The van der Waals surface area contributed by atoms with Gasteiger partial charge in [-0.2, -0.15) is 0 Å². The molecule has 4 heteroatoms. The van der Waals surface area contributed by atoms with E-state index in [0.717, 1.165) is 5.39 Å². The fourth-order valence-corrected chi connectivity index (χ4v) is 2.48. The average Bonchev–Trinajstić information content (AvgIpc) is 2.38. The molecule has 4 nitrogen and oxygen atoms in total. The summed E-state index contributed by atoms with van der Waals surface area (Å²) in [5.41, 5.74) is 5.92. The molecule has 0 atom stereocenters. The summed E-state index contributed by atoms with van der Waals surface area (Å²) in [5, 5.41) is 11.9. The van der Waals surface area contributed by atoms with Gasteiger partial charge in [0, 0.05) is 24.4 Å². The Bertz CT molecular complexity index is 633. The second kappa shape index (κ2) is 4.55. The minimum absolute atomic E-state index is 0.0688. The lowest BCUT2D eigenvalue weighted by Crippen LogP contribution is -2.52. The lowest BCUT2D eigenvalue weighted by atomic mass is 9.98. The third-order valence-corrected chi connectivity index (χ3v) is 3.71. The molecule has 0 bridgehead atoms. The first-order chi connectivity index (χ1) is 9.20. The first kappa shape index (κ1) is 12.0. The molecule has 0 unspecified atom stereocenters. The number of carbonyl (C=O) groups is 1. The topological polar surface area (TPSA) is 66.6 Å². The number of hydrogen-bond donors (Lipinski definition) is 2. The van der Waals surface area contributed by atoms with Crippen LogP contribution in [0, 0.1) is 5.92 Å². The van der Waals surface area contributed by atoms with Gasteiger partial charge in [0.2, 0.25) is 0 Å². The van der Waals surface area contributed by atoms with E-state index in [1.165, 1.54) is 0 Å². The van der Waals surface area contributed by atoms with Crippen LogP contribution in [-0.4, -0.2) is 35.5 Å². The molecule has 1 amide bonds. The van der Waals surface area contributed by atoms with Crippen molar-refractivity contribution in [1.29, 1.82) is 0 Å². The zero-order chi connectivity index (χ0) is 13.4. The van der Waals surface area contributed by atoms with Crippen LogP contribution in [0.4, 0.5) is 0 Å². The predicted molar refractivity (Wildman–Crippen MR) is 74.1 cm³/mol. The summed E-state index contributed by atoms with van der Waals surface area (Å²) in [6.07, 6.45) is 0. The van der Waals surface area contributed by atoms with Crippen LogP contribution in [0.5, 0.6) is 5.75 Å². The third-order valence-electron chi connectivity index (χ3n) is 3.71. The summed E-state index contributed by atoms with van der Waals surface area (Å²) < 4.78 is 0. The van der Waals surface area contributed by atoms with Crippen molar-refractivity contribution in [2.24, 2.45) is 11.7 Å². The number of carbonyl (C=O) groups excluding carboxylic acids is 1. The molecule has 1 heterocycles. The number of phenols is 1. The zero-order valence-electron chi connectivity index (χ0n) is 10.5. The number of nitrogens with two attached hydrogens (primary N) is 1. The molecule has 1 aliphatic heterocycles. The summed E-state index contributed by atoms with van der Waals surface area (Å²) in [6, 6.07) is 11.0. The van der Waals surface area contributed by atoms with Gasteiger partial charge in [-0.1, -0.05) is 30.3 Å². The summed E-state index contributed by atoms with van der Waals surface area (Å²) in [4.78, 5) is 14.0. The van der Waals surface area contributed by atoms with Gasteiger partial charge >= 0.3 is 0 Å². The van der Waals surface area contributed by atoms with Crippen molar-refractivity contribution in [3.05, 3.63) is 42.0 Å². The fourth-order valence-electron chi connectivity index (χ4n) is 2.48. The van der Waals surface area contributed by atoms with Crippen LogP contribution in [0.25, 0.3) is 10.8 Å². The van der Waals surface area contributed by atoms with Gasteiger partial charge in [-0.25, -0.2) is 0 Å². The second-order valence-corrected chi connectivity index (χ2v) is 4.99. The lowest BCUT2D eigenvalue weighted by molar-refractivity contribution is 0.0513. The quantitative estimate of drug-likeness (QED) is 0.857. The van der Waals surface area contributed by atoms with E-state index in [4.69, 9.17) is 5.73 Å². The summed E-state index contributed by atoms with van der Waals surface area (Å²) in [7, 11) is 0. The molecule has 1 aliphatic rings. The van der Waals surface area contributed by atoms with E-state index in [2.05, 4.69) is 0 Å². The van der Waals surface area contributed by atoms with Crippen LogP contribution in [0.3, 0.4) is 0 Å². The van der Waals surface area contributed by atoms with Gasteiger partial charge < -0.3 is 15.7 Å². The number of nitrogens with zero attached hydrogens (tertiary/aromatic N) is 1. The highest BCUT2D eigenvalue weighted by Crippen LogP contribution is 2.30. The number of benzene rings is 2. The van der Waals surface area contributed by atoms with Crippen LogP contribution in [0.2, 0.25) is 0 Å². The van der Waals surface area contributed by atoms with E-state index >= 15 is 0 Å². The Morgan fingerprint density at radius 1 is 1.26 bits per heavy atom. The Morgan fingerprint density at radius 2 is 2.00 bits per heavy atom. The monoisotopic (exact) mass is 256 g/mol. The fraction of sp³-hybridized carbons (Fsp3) is 0.267. The van der Waals surface area contributed by atoms with E-state index in [0.29, 0.717) is 36.5 Å². The maximum atomic E-state index is 12.3. The highest BCUT2D eigenvalue weighted by Gasteiger charge is 2.31. The van der Waals surface area contributed by atoms with Gasteiger partial charge in [0.1, 0.15) is 5.75 Å². The molecular formula is C15H16N2O2. The second-order valence-electron chi connectivity index (χ2n) is 4.99. The number of likely N-dealkylation sites (tertiary alicyclic amines) is 1. The van der Waals surface area contributed by atoms with E-state index < -0.39 is 0 Å². The molecule has 0 aromatic heterocycles. The van der Waals surface area contributed by atoms with Crippen LogP contribution in [-0.2, 0) is 0 Å². The van der Waals surface area contributed by atoms with Gasteiger partial charge in [-0.05, 0) is 18.0 Å². The molecule has 3 N–H and O–H groups in total. The highest BCUT2D eigenvalue weighted by atomic mass is 16.3. The predicted octanol–water partition coefficient (Wildman–Crippen LogP) is 1.58. The van der Waals surface area contributed by atoms with Gasteiger partial charge in [-0.3, -0.25) is 4.79 Å². The smallest absolute Gasteiger partial charge is 0.257 e. The Kier molecular flexibility index (Phi) is 2.87. The van der Waals surface area contributed by atoms with Gasteiger partial charge in [0.25, 0.3) is 5.91 Å². The van der Waals surface area contributed by atoms with E-state index in [1.54, 1.807) is 11.0 Å².